The normalized spacial score (nSPS) is 18.6. The first-order chi connectivity index (χ1) is 12.4. The first-order valence-corrected chi connectivity index (χ1v) is 8.81. The fraction of sp³-hybridized carbons (Fsp3) is 0.556. The molecule has 0 spiro atoms. The third-order valence-electron chi connectivity index (χ3n) is 4.31. The van der Waals surface area contributed by atoms with Gasteiger partial charge < -0.3 is 9.64 Å². The zero-order valence-corrected chi connectivity index (χ0v) is 15.0. The molecular formula is C18H24F3N3O2. The quantitative estimate of drug-likeness (QED) is 0.372. The Morgan fingerprint density at radius 3 is 2.77 bits per heavy atom. The van der Waals surface area contributed by atoms with Crippen molar-refractivity contribution in [3.8, 4) is 0 Å². The number of carbonyl (C=O) groups is 1. The monoisotopic (exact) mass is 371 g/mol. The molecular weight excluding hydrogens is 347 g/mol. The average Bonchev–Trinajstić information content (AvgIpc) is 2.62. The van der Waals surface area contributed by atoms with Crippen LogP contribution >= 0.6 is 0 Å². The van der Waals surface area contributed by atoms with Crippen molar-refractivity contribution in [2.24, 2.45) is 5.10 Å². The molecule has 1 aliphatic rings. The largest absolute Gasteiger partial charge is 0.460 e. The van der Waals surface area contributed by atoms with Crippen molar-refractivity contribution >= 4 is 17.5 Å². The third-order valence-corrected chi connectivity index (χ3v) is 4.31. The van der Waals surface area contributed by atoms with Crippen molar-refractivity contribution in [2.75, 3.05) is 18.6 Å². The Labute approximate surface area is 151 Å². The number of nitrogens with zero attached hydrogens (tertiary/aromatic N) is 2. The van der Waals surface area contributed by atoms with Crippen LogP contribution in [0.3, 0.4) is 0 Å². The lowest BCUT2D eigenvalue weighted by molar-refractivity contribution is -0.138. The number of carbonyl (C=O) groups excluding carboxylic acids is 1. The molecule has 1 N–H and O–H groups in total. The lowest BCUT2D eigenvalue weighted by Crippen LogP contribution is -2.47. The van der Waals surface area contributed by atoms with Gasteiger partial charge in [0.05, 0.1) is 17.9 Å². The van der Waals surface area contributed by atoms with Crippen molar-refractivity contribution in [3.63, 3.8) is 0 Å². The summed E-state index contributed by atoms with van der Waals surface area (Å²) in [6, 6.07) is 4.86. The maximum Gasteiger partial charge on any atom is 0.416 e. The van der Waals surface area contributed by atoms with Gasteiger partial charge in [0.15, 0.2) is 0 Å². The number of halogens is 3. The zero-order chi connectivity index (χ0) is 19.2. The summed E-state index contributed by atoms with van der Waals surface area (Å²) in [6.07, 6.45) is -0.642. The molecule has 0 bridgehead atoms. The number of nitrogens with one attached hydrogen (secondary N) is 1. The van der Waals surface area contributed by atoms with Gasteiger partial charge in [-0.3, -0.25) is 5.43 Å². The Morgan fingerprint density at radius 2 is 2.12 bits per heavy atom. The number of alkyl halides is 3. The van der Waals surface area contributed by atoms with Gasteiger partial charge in [0.1, 0.15) is 0 Å². The van der Waals surface area contributed by atoms with Crippen molar-refractivity contribution in [1.29, 1.82) is 0 Å². The first kappa shape index (κ1) is 20.1. The van der Waals surface area contributed by atoms with E-state index >= 15 is 0 Å². The van der Waals surface area contributed by atoms with E-state index in [1.165, 1.54) is 12.1 Å². The minimum absolute atomic E-state index is 0.107. The van der Waals surface area contributed by atoms with E-state index in [4.69, 9.17) is 4.74 Å². The molecule has 1 saturated heterocycles. The standard InChI is InChI=1S/C18H24F3N3O2/c1-3-15-10-5-6-11-24(15)16(17(25)26-4-2)23-22-14-9-7-8-13(12-14)18(19,20)21/h7-9,12,15,22H,3-6,10-11H2,1-2H3/t15-/m0/s1. The van der Waals surface area contributed by atoms with E-state index in [2.05, 4.69) is 10.5 Å². The van der Waals surface area contributed by atoms with Crippen LogP contribution in [0, 0.1) is 0 Å². The lowest BCUT2D eigenvalue weighted by atomic mass is 10.00. The van der Waals surface area contributed by atoms with Crippen LogP contribution < -0.4 is 5.43 Å². The molecule has 0 radical (unpaired) electrons. The number of esters is 1. The van der Waals surface area contributed by atoms with Crippen LogP contribution in [0.1, 0.15) is 45.1 Å². The molecule has 1 atom stereocenters. The van der Waals surface area contributed by atoms with Crippen LogP contribution in [-0.2, 0) is 15.7 Å². The van der Waals surface area contributed by atoms with E-state index in [0.29, 0.717) is 6.54 Å². The van der Waals surface area contributed by atoms with Gasteiger partial charge in [0.25, 0.3) is 0 Å². The van der Waals surface area contributed by atoms with Crippen LogP contribution in [0.2, 0.25) is 0 Å². The zero-order valence-electron chi connectivity index (χ0n) is 15.0. The molecule has 8 heteroatoms. The molecule has 0 unspecified atom stereocenters. The minimum Gasteiger partial charge on any atom is -0.460 e. The molecule has 1 aromatic rings. The van der Waals surface area contributed by atoms with Gasteiger partial charge in [-0.05, 0) is 50.8 Å². The molecule has 1 heterocycles. The highest BCUT2D eigenvalue weighted by atomic mass is 19.4. The molecule has 2 rings (SSSR count). The summed E-state index contributed by atoms with van der Waals surface area (Å²) in [5.41, 5.74) is 1.96. The van der Waals surface area contributed by atoms with E-state index in [0.717, 1.165) is 37.8 Å². The third kappa shape index (κ3) is 5.12. The number of hydrazone groups is 1. The van der Waals surface area contributed by atoms with Crippen molar-refractivity contribution in [3.05, 3.63) is 29.8 Å². The number of hydrogen-bond acceptors (Lipinski definition) is 4. The summed E-state index contributed by atoms with van der Waals surface area (Å²) in [5, 5.41) is 4.11. The fourth-order valence-electron chi connectivity index (χ4n) is 3.01. The number of rotatable bonds is 4. The Balaban J connectivity index is 2.26. The highest BCUT2D eigenvalue weighted by Gasteiger charge is 2.31. The number of ether oxygens (including phenoxy) is 1. The molecule has 1 aromatic carbocycles. The minimum atomic E-state index is -4.44. The van der Waals surface area contributed by atoms with Crippen LogP contribution in [0.15, 0.2) is 29.4 Å². The van der Waals surface area contributed by atoms with E-state index in [1.54, 1.807) is 6.92 Å². The number of likely N-dealkylation sites (tertiary alicyclic amines) is 1. The smallest absolute Gasteiger partial charge is 0.416 e. The van der Waals surface area contributed by atoms with Gasteiger partial charge in [-0.15, -0.1) is 5.10 Å². The SMILES string of the molecule is CCOC(=O)C(=NNc1cccc(C(F)(F)F)c1)N1CCCC[C@@H]1CC. The first-order valence-electron chi connectivity index (χ1n) is 8.81. The second-order valence-corrected chi connectivity index (χ2v) is 6.10. The van der Waals surface area contributed by atoms with Crippen molar-refractivity contribution in [2.45, 2.75) is 51.7 Å². The van der Waals surface area contributed by atoms with Crippen molar-refractivity contribution < 1.29 is 22.7 Å². The van der Waals surface area contributed by atoms with E-state index in [1.807, 2.05) is 11.8 Å². The van der Waals surface area contributed by atoms with Crippen LogP contribution in [-0.4, -0.2) is 35.9 Å². The maximum atomic E-state index is 12.8. The van der Waals surface area contributed by atoms with Gasteiger partial charge in [0.2, 0.25) is 5.84 Å². The number of anilines is 1. The van der Waals surface area contributed by atoms with Crippen LogP contribution in [0.5, 0.6) is 0 Å². The number of amidine groups is 1. The van der Waals surface area contributed by atoms with E-state index in [-0.39, 0.29) is 24.2 Å². The number of benzene rings is 1. The second-order valence-electron chi connectivity index (χ2n) is 6.10. The Kier molecular flexibility index (Phi) is 6.88. The Morgan fingerprint density at radius 1 is 1.35 bits per heavy atom. The van der Waals surface area contributed by atoms with Crippen molar-refractivity contribution in [1.82, 2.24) is 4.90 Å². The molecule has 26 heavy (non-hydrogen) atoms. The Bertz CT molecular complexity index is 647. The van der Waals surface area contributed by atoms with Gasteiger partial charge >= 0.3 is 12.1 Å². The predicted octanol–water partition coefficient (Wildman–Crippen LogP) is 4.26. The molecule has 144 valence electrons. The van der Waals surface area contributed by atoms with E-state index in [9.17, 15) is 18.0 Å². The summed E-state index contributed by atoms with van der Waals surface area (Å²) < 4.78 is 43.6. The van der Waals surface area contributed by atoms with Gasteiger partial charge in [-0.1, -0.05) is 13.0 Å². The molecule has 1 aliphatic heterocycles. The molecule has 1 fully saturated rings. The fourth-order valence-corrected chi connectivity index (χ4v) is 3.01. The highest BCUT2D eigenvalue weighted by Crippen LogP contribution is 2.30. The topological polar surface area (TPSA) is 53.9 Å². The molecule has 0 saturated carbocycles. The molecule has 5 nitrogen and oxygen atoms in total. The van der Waals surface area contributed by atoms with Gasteiger partial charge in [-0.2, -0.15) is 13.2 Å². The lowest BCUT2D eigenvalue weighted by Gasteiger charge is -2.36. The van der Waals surface area contributed by atoms with E-state index < -0.39 is 17.7 Å². The van der Waals surface area contributed by atoms with Crippen LogP contribution in [0.4, 0.5) is 18.9 Å². The summed E-state index contributed by atoms with van der Waals surface area (Å²) >= 11 is 0. The average molecular weight is 371 g/mol. The summed E-state index contributed by atoms with van der Waals surface area (Å²) in [5.74, 6) is -0.469. The van der Waals surface area contributed by atoms with Gasteiger partial charge in [-0.25, -0.2) is 4.79 Å². The summed E-state index contributed by atoms with van der Waals surface area (Å²) in [6.45, 7) is 4.60. The molecule has 0 aromatic heterocycles. The maximum absolute atomic E-state index is 12.8. The molecule has 0 aliphatic carbocycles. The number of hydrogen-bond donors (Lipinski definition) is 1. The van der Waals surface area contributed by atoms with Gasteiger partial charge in [0, 0.05) is 12.6 Å². The molecule has 0 amide bonds. The van der Waals surface area contributed by atoms with Crippen LogP contribution in [0.25, 0.3) is 0 Å². The Hall–Kier alpha value is -2.25. The number of piperidine rings is 1. The highest BCUT2D eigenvalue weighted by molar-refractivity contribution is 6.35. The summed E-state index contributed by atoms with van der Waals surface area (Å²) in [4.78, 5) is 14.2. The second kappa shape index (κ2) is 8.91. The summed E-state index contributed by atoms with van der Waals surface area (Å²) in [7, 11) is 0. The predicted molar refractivity (Wildman–Crippen MR) is 93.8 cm³/mol.